The number of carbonyl (C=O) groups is 4. The average molecular weight is 502 g/mol. The van der Waals surface area contributed by atoms with Gasteiger partial charge in [-0.25, -0.2) is 19.2 Å². The Morgan fingerprint density at radius 2 is 0.757 bits per heavy atom. The van der Waals surface area contributed by atoms with E-state index in [1.807, 2.05) is 12.1 Å². The van der Waals surface area contributed by atoms with E-state index in [0.29, 0.717) is 11.1 Å². The molecule has 0 unspecified atom stereocenters. The van der Waals surface area contributed by atoms with Gasteiger partial charge in [0.1, 0.15) is 0 Å². The first kappa shape index (κ1) is 28.0. The second-order valence-corrected chi connectivity index (χ2v) is 7.47. The second-order valence-electron chi connectivity index (χ2n) is 7.47. The summed E-state index contributed by atoms with van der Waals surface area (Å²) < 4.78 is 0. The molecular formula is C28H22O9. The Kier molecular flexibility index (Phi) is 9.39. The molecule has 0 aliphatic carbocycles. The van der Waals surface area contributed by atoms with Crippen LogP contribution < -0.4 is 0 Å². The summed E-state index contributed by atoms with van der Waals surface area (Å²) in [5.74, 6) is -4.57. The fourth-order valence-corrected chi connectivity index (χ4v) is 3.45. The first-order valence-corrected chi connectivity index (χ1v) is 10.5. The summed E-state index contributed by atoms with van der Waals surface area (Å²) in [4.78, 5) is 44.0. The van der Waals surface area contributed by atoms with Crippen LogP contribution in [0.4, 0.5) is 0 Å². The summed E-state index contributed by atoms with van der Waals surface area (Å²) in [6.07, 6.45) is 0. The Morgan fingerprint density at radius 3 is 1.03 bits per heavy atom. The minimum absolute atomic E-state index is 0. The number of carboxylic acid groups (broad SMARTS) is 4. The van der Waals surface area contributed by atoms with Gasteiger partial charge < -0.3 is 25.9 Å². The van der Waals surface area contributed by atoms with Crippen molar-refractivity contribution < 1.29 is 45.1 Å². The fourth-order valence-electron chi connectivity index (χ4n) is 3.45. The molecule has 0 saturated carbocycles. The largest absolute Gasteiger partial charge is 0.478 e. The molecule has 0 fully saturated rings. The molecule has 6 N–H and O–H groups in total. The van der Waals surface area contributed by atoms with Crippen LogP contribution in [0.25, 0.3) is 22.3 Å². The van der Waals surface area contributed by atoms with E-state index in [1.165, 1.54) is 36.4 Å². The SMILES string of the molecule is O.O=C(O)c1ccc(-c2ccccc2)c(C(=O)O)c1.O=C(O)c1ccc(-c2ccccc2)c(C(=O)O)c1. The maximum Gasteiger partial charge on any atom is 0.336 e. The van der Waals surface area contributed by atoms with Crippen molar-refractivity contribution in [1.29, 1.82) is 0 Å². The molecule has 9 heteroatoms. The van der Waals surface area contributed by atoms with Crippen LogP contribution in [-0.2, 0) is 0 Å². The van der Waals surface area contributed by atoms with Gasteiger partial charge in [-0.2, -0.15) is 0 Å². The number of hydrogen-bond acceptors (Lipinski definition) is 4. The molecule has 4 rings (SSSR count). The van der Waals surface area contributed by atoms with Crippen LogP contribution in [0.15, 0.2) is 97.1 Å². The lowest BCUT2D eigenvalue weighted by molar-refractivity contribution is 0.0677. The van der Waals surface area contributed by atoms with Gasteiger partial charge in [0.2, 0.25) is 0 Å². The fraction of sp³-hybridized carbons (Fsp3) is 0. The van der Waals surface area contributed by atoms with Crippen molar-refractivity contribution in [2.24, 2.45) is 0 Å². The molecule has 4 aromatic rings. The predicted molar refractivity (Wildman–Crippen MR) is 135 cm³/mol. The van der Waals surface area contributed by atoms with Crippen molar-refractivity contribution in [2.45, 2.75) is 0 Å². The predicted octanol–water partition coefficient (Wildman–Crippen LogP) is 4.68. The molecule has 0 bridgehead atoms. The second kappa shape index (κ2) is 12.4. The molecule has 0 aliphatic rings. The maximum absolute atomic E-state index is 11.2. The number of carboxylic acids is 4. The highest BCUT2D eigenvalue weighted by Gasteiger charge is 2.16. The van der Waals surface area contributed by atoms with E-state index in [4.69, 9.17) is 20.4 Å². The lowest BCUT2D eigenvalue weighted by Crippen LogP contribution is -2.04. The molecule has 0 heterocycles. The molecule has 4 aromatic carbocycles. The molecule has 188 valence electrons. The molecule has 0 radical (unpaired) electrons. The monoisotopic (exact) mass is 502 g/mol. The lowest BCUT2D eigenvalue weighted by Gasteiger charge is -2.07. The maximum atomic E-state index is 11.2. The summed E-state index contributed by atoms with van der Waals surface area (Å²) in [5, 5.41) is 36.0. The highest BCUT2D eigenvalue weighted by Crippen LogP contribution is 2.26. The Balaban J connectivity index is 0.000000253. The Labute approximate surface area is 210 Å². The summed E-state index contributed by atoms with van der Waals surface area (Å²) >= 11 is 0. The van der Waals surface area contributed by atoms with Gasteiger partial charge in [0.15, 0.2) is 0 Å². The van der Waals surface area contributed by atoms with Crippen LogP contribution in [0.1, 0.15) is 41.4 Å². The summed E-state index contributed by atoms with van der Waals surface area (Å²) in [5.41, 5.74) is 2.40. The minimum atomic E-state index is -1.14. The Bertz CT molecular complexity index is 1320. The lowest BCUT2D eigenvalue weighted by atomic mass is 9.97. The molecule has 0 spiro atoms. The zero-order chi connectivity index (χ0) is 26.2. The first-order valence-electron chi connectivity index (χ1n) is 10.5. The van der Waals surface area contributed by atoms with Gasteiger partial charge >= 0.3 is 23.9 Å². The normalized spacial score (nSPS) is 9.73. The van der Waals surface area contributed by atoms with Crippen LogP contribution in [0.2, 0.25) is 0 Å². The van der Waals surface area contributed by atoms with E-state index in [0.717, 1.165) is 11.1 Å². The highest BCUT2D eigenvalue weighted by molar-refractivity contribution is 6.00. The van der Waals surface area contributed by atoms with Crippen LogP contribution in [0.3, 0.4) is 0 Å². The summed E-state index contributed by atoms with van der Waals surface area (Å²) in [6, 6.07) is 26.1. The van der Waals surface area contributed by atoms with E-state index < -0.39 is 23.9 Å². The zero-order valence-electron chi connectivity index (χ0n) is 19.2. The smallest absolute Gasteiger partial charge is 0.336 e. The number of aromatic carboxylic acids is 4. The van der Waals surface area contributed by atoms with Gasteiger partial charge in [0.05, 0.1) is 22.3 Å². The van der Waals surface area contributed by atoms with Crippen LogP contribution in [-0.4, -0.2) is 49.8 Å². The molecule has 37 heavy (non-hydrogen) atoms. The Morgan fingerprint density at radius 1 is 0.432 bits per heavy atom. The Hall–Kier alpha value is -5.28. The number of hydrogen-bond donors (Lipinski definition) is 4. The van der Waals surface area contributed by atoms with E-state index in [9.17, 15) is 19.2 Å². The van der Waals surface area contributed by atoms with Crippen molar-refractivity contribution in [2.75, 3.05) is 0 Å². The topological polar surface area (TPSA) is 181 Å². The van der Waals surface area contributed by atoms with E-state index in [1.54, 1.807) is 48.5 Å². The summed E-state index contributed by atoms with van der Waals surface area (Å²) in [6.45, 7) is 0. The van der Waals surface area contributed by atoms with E-state index in [-0.39, 0.29) is 27.7 Å². The van der Waals surface area contributed by atoms with Gasteiger partial charge in [-0.05, 0) is 46.5 Å². The van der Waals surface area contributed by atoms with Crippen LogP contribution >= 0.6 is 0 Å². The molecule has 0 aromatic heterocycles. The van der Waals surface area contributed by atoms with Crippen molar-refractivity contribution in [3.63, 3.8) is 0 Å². The third-order valence-corrected chi connectivity index (χ3v) is 5.16. The minimum Gasteiger partial charge on any atom is -0.478 e. The van der Waals surface area contributed by atoms with Gasteiger partial charge in [0.25, 0.3) is 0 Å². The van der Waals surface area contributed by atoms with Crippen LogP contribution in [0.5, 0.6) is 0 Å². The molecule has 0 aliphatic heterocycles. The standard InChI is InChI=1S/2C14H10O4.H2O/c2*15-13(16)10-6-7-11(12(8-10)14(17)18)9-4-2-1-3-5-9;/h2*1-8H,(H,15,16)(H,17,18);1H2. The van der Waals surface area contributed by atoms with Crippen molar-refractivity contribution in [3.8, 4) is 22.3 Å². The average Bonchev–Trinajstić information content (AvgIpc) is 2.89. The van der Waals surface area contributed by atoms with E-state index >= 15 is 0 Å². The van der Waals surface area contributed by atoms with Crippen molar-refractivity contribution >= 4 is 23.9 Å². The third kappa shape index (κ3) is 6.87. The van der Waals surface area contributed by atoms with Gasteiger partial charge in [-0.3, -0.25) is 0 Å². The quantitative estimate of drug-likeness (QED) is 0.293. The summed E-state index contributed by atoms with van der Waals surface area (Å²) in [7, 11) is 0. The zero-order valence-corrected chi connectivity index (χ0v) is 19.2. The van der Waals surface area contributed by atoms with Gasteiger partial charge in [-0.15, -0.1) is 0 Å². The van der Waals surface area contributed by atoms with Crippen LogP contribution in [0, 0.1) is 0 Å². The van der Waals surface area contributed by atoms with Gasteiger partial charge in [-0.1, -0.05) is 72.8 Å². The molecular weight excluding hydrogens is 480 g/mol. The van der Waals surface area contributed by atoms with Crippen molar-refractivity contribution in [3.05, 3.63) is 119 Å². The molecule has 0 atom stereocenters. The number of benzene rings is 4. The molecule has 9 nitrogen and oxygen atoms in total. The highest BCUT2D eigenvalue weighted by atomic mass is 16.4. The molecule has 0 saturated heterocycles. The van der Waals surface area contributed by atoms with E-state index in [2.05, 4.69) is 0 Å². The third-order valence-electron chi connectivity index (χ3n) is 5.16. The molecule has 0 amide bonds. The van der Waals surface area contributed by atoms with Gasteiger partial charge in [0, 0.05) is 0 Å². The number of rotatable bonds is 6. The van der Waals surface area contributed by atoms with Crippen molar-refractivity contribution in [1.82, 2.24) is 0 Å². The first-order chi connectivity index (χ1) is 17.2.